The van der Waals surface area contributed by atoms with Crippen LogP contribution in [0.25, 0.3) is 0 Å². The second-order valence-corrected chi connectivity index (χ2v) is 6.35. The molecule has 0 spiro atoms. The van der Waals surface area contributed by atoms with Crippen LogP contribution in [0.2, 0.25) is 5.02 Å². The fraction of sp³-hybridized carbons (Fsp3) is 0.588. The molecular formula is C17H24ClNO3. The summed E-state index contributed by atoms with van der Waals surface area (Å²) in [4.78, 5) is 14.1. The average molecular weight is 326 g/mol. The van der Waals surface area contributed by atoms with Crippen molar-refractivity contribution in [3.63, 3.8) is 0 Å². The van der Waals surface area contributed by atoms with E-state index in [-0.39, 0.29) is 18.1 Å². The van der Waals surface area contributed by atoms with E-state index in [1.54, 1.807) is 0 Å². The average Bonchev–Trinajstić information content (AvgIpc) is 2.44. The summed E-state index contributed by atoms with van der Waals surface area (Å²) in [5.41, 5.74) is 1.01. The summed E-state index contributed by atoms with van der Waals surface area (Å²) in [6.07, 6.45) is 1.44. The molecule has 2 unspecified atom stereocenters. The van der Waals surface area contributed by atoms with E-state index in [0.29, 0.717) is 37.6 Å². The summed E-state index contributed by atoms with van der Waals surface area (Å²) in [6, 6.07) is 5.55. The number of nitrogens with zero attached hydrogens (tertiary/aromatic N) is 1. The third-order valence-corrected chi connectivity index (χ3v) is 3.94. The van der Waals surface area contributed by atoms with Gasteiger partial charge in [0.05, 0.1) is 18.8 Å². The maximum Gasteiger partial charge on any atom is 0.222 e. The van der Waals surface area contributed by atoms with Crippen molar-refractivity contribution < 1.29 is 14.3 Å². The summed E-state index contributed by atoms with van der Waals surface area (Å²) in [6.45, 7) is 7.86. The fourth-order valence-electron chi connectivity index (χ4n) is 2.72. The Morgan fingerprint density at radius 1 is 1.36 bits per heavy atom. The van der Waals surface area contributed by atoms with Crippen LogP contribution in [0.3, 0.4) is 0 Å². The van der Waals surface area contributed by atoms with Crippen molar-refractivity contribution in [1.82, 2.24) is 4.90 Å². The number of ether oxygens (including phenoxy) is 2. The van der Waals surface area contributed by atoms with E-state index in [2.05, 4.69) is 0 Å². The summed E-state index contributed by atoms with van der Waals surface area (Å²) in [5.74, 6) is 1.00. The molecule has 0 radical (unpaired) electrons. The Bertz CT molecular complexity index is 511. The van der Waals surface area contributed by atoms with Crippen LogP contribution >= 0.6 is 11.6 Å². The van der Waals surface area contributed by atoms with Gasteiger partial charge in [0.2, 0.25) is 5.91 Å². The fourth-order valence-corrected chi connectivity index (χ4v) is 2.95. The molecule has 1 aromatic carbocycles. The van der Waals surface area contributed by atoms with Gasteiger partial charge in [0, 0.05) is 24.5 Å². The quantitative estimate of drug-likeness (QED) is 0.778. The predicted molar refractivity (Wildman–Crippen MR) is 87.5 cm³/mol. The van der Waals surface area contributed by atoms with Crippen LogP contribution in [-0.2, 0) is 9.53 Å². The van der Waals surface area contributed by atoms with Gasteiger partial charge in [-0.2, -0.15) is 0 Å². The van der Waals surface area contributed by atoms with Crippen molar-refractivity contribution >= 4 is 17.5 Å². The van der Waals surface area contributed by atoms with E-state index in [4.69, 9.17) is 21.1 Å². The monoisotopic (exact) mass is 325 g/mol. The normalized spacial score (nSPS) is 21.7. The number of hydrogen-bond donors (Lipinski definition) is 0. The number of hydrogen-bond acceptors (Lipinski definition) is 3. The minimum atomic E-state index is 0.112. The minimum absolute atomic E-state index is 0.112. The summed E-state index contributed by atoms with van der Waals surface area (Å²) in [7, 11) is 0. The van der Waals surface area contributed by atoms with Crippen molar-refractivity contribution in [2.75, 3.05) is 19.7 Å². The van der Waals surface area contributed by atoms with Crippen LogP contribution in [0.5, 0.6) is 5.75 Å². The van der Waals surface area contributed by atoms with Gasteiger partial charge in [0.25, 0.3) is 0 Å². The van der Waals surface area contributed by atoms with E-state index in [1.807, 2.05) is 43.9 Å². The zero-order chi connectivity index (χ0) is 16.1. The highest BCUT2D eigenvalue weighted by Gasteiger charge is 2.25. The molecule has 1 fully saturated rings. The molecule has 2 atom stereocenters. The second kappa shape index (κ2) is 7.84. The highest BCUT2D eigenvalue weighted by molar-refractivity contribution is 6.30. The number of carbonyl (C=O) groups is 1. The number of aryl methyl sites for hydroxylation is 1. The van der Waals surface area contributed by atoms with Crippen LogP contribution in [0.1, 0.15) is 32.3 Å². The van der Waals surface area contributed by atoms with Gasteiger partial charge in [0.1, 0.15) is 5.75 Å². The number of morpholine rings is 1. The first-order valence-corrected chi connectivity index (χ1v) is 8.15. The lowest BCUT2D eigenvalue weighted by Gasteiger charge is -2.35. The first-order valence-electron chi connectivity index (χ1n) is 7.78. The number of rotatable bonds is 5. The number of benzene rings is 1. The Labute approximate surface area is 137 Å². The second-order valence-electron chi connectivity index (χ2n) is 5.92. The topological polar surface area (TPSA) is 38.8 Å². The smallest absolute Gasteiger partial charge is 0.222 e. The highest BCUT2D eigenvalue weighted by Crippen LogP contribution is 2.22. The molecule has 22 heavy (non-hydrogen) atoms. The van der Waals surface area contributed by atoms with Gasteiger partial charge in [-0.25, -0.2) is 0 Å². The maximum absolute atomic E-state index is 12.2. The lowest BCUT2D eigenvalue weighted by atomic mass is 10.2. The molecule has 0 saturated carbocycles. The number of carbonyl (C=O) groups excluding carboxylic acids is 1. The Hall–Kier alpha value is -1.26. The third kappa shape index (κ3) is 4.89. The van der Waals surface area contributed by atoms with Crippen LogP contribution in [0.15, 0.2) is 18.2 Å². The van der Waals surface area contributed by atoms with Gasteiger partial charge >= 0.3 is 0 Å². The van der Waals surface area contributed by atoms with Gasteiger partial charge in [-0.3, -0.25) is 4.79 Å². The van der Waals surface area contributed by atoms with Crippen molar-refractivity contribution in [3.05, 3.63) is 28.8 Å². The van der Waals surface area contributed by atoms with E-state index in [1.165, 1.54) is 0 Å². The number of amides is 1. The summed E-state index contributed by atoms with van der Waals surface area (Å²) < 4.78 is 11.4. The first kappa shape index (κ1) is 17.1. The molecule has 122 valence electrons. The lowest BCUT2D eigenvalue weighted by Crippen LogP contribution is -2.48. The molecule has 1 heterocycles. The molecule has 5 heteroatoms. The molecule has 0 bridgehead atoms. The standard InChI is InChI=1S/C17H24ClNO3/c1-12-9-15(18)6-7-16(12)21-8-4-5-17(20)19-10-13(2)22-14(3)11-19/h6-7,9,13-14H,4-5,8,10-11H2,1-3H3. The molecule has 0 aromatic heterocycles. The van der Waals surface area contributed by atoms with Crippen LogP contribution in [0.4, 0.5) is 0 Å². The van der Waals surface area contributed by atoms with Crippen LogP contribution in [-0.4, -0.2) is 42.7 Å². The van der Waals surface area contributed by atoms with Gasteiger partial charge in [0.15, 0.2) is 0 Å². The summed E-state index contributed by atoms with van der Waals surface area (Å²) in [5, 5.41) is 0.704. The van der Waals surface area contributed by atoms with Crippen molar-refractivity contribution in [2.24, 2.45) is 0 Å². The van der Waals surface area contributed by atoms with Gasteiger partial charge < -0.3 is 14.4 Å². The maximum atomic E-state index is 12.2. The molecular weight excluding hydrogens is 302 g/mol. The largest absolute Gasteiger partial charge is 0.493 e. The summed E-state index contributed by atoms with van der Waals surface area (Å²) >= 11 is 5.91. The zero-order valence-electron chi connectivity index (χ0n) is 13.5. The molecule has 1 aliphatic rings. The highest BCUT2D eigenvalue weighted by atomic mass is 35.5. The van der Waals surface area contributed by atoms with Crippen LogP contribution < -0.4 is 4.74 Å². The molecule has 0 N–H and O–H groups in total. The molecule has 1 saturated heterocycles. The zero-order valence-corrected chi connectivity index (χ0v) is 14.2. The lowest BCUT2D eigenvalue weighted by molar-refractivity contribution is -0.143. The van der Waals surface area contributed by atoms with Crippen molar-refractivity contribution in [2.45, 2.75) is 45.8 Å². The van der Waals surface area contributed by atoms with Gasteiger partial charge in [-0.05, 0) is 51.0 Å². The van der Waals surface area contributed by atoms with E-state index in [0.717, 1.165) is 11.3 Å². The molecule has 0 aliphatic carbocycles. The van der Waals surface area contributed by atoms with E-state index >= 15 is 0 Å². The first-order chi connectivity index (χ1) is 10.5. The van der Waals surface area contributed by atoms with Gasteiger partial charge in [-0.1, -0.05) is 11.6 Å². The van der Waals surface area contributed by atoms with Crippen molar-refractivity contribution in [1.29, 1.82) is 0 Å². The van der Waals surface area contributed by atoms with Crippen molar-refractivity contribution in [3.8, 4) is 5.75 Å². The molecule has 1 amide bonds. The SMILES string of the molecule is Cc1cc(Cl)ccc1OCCCC(=O)N1CC(C)OC(C)C1. The molecule has 4 nitrogen and oxygen atoms in total. The Morgan fingerprint density at radius 2 is 2.05 bits per heavy atom. The molecule has 2 rings (SSSR count). The molecule has 1 aromatic rings. The molecule has 1 aliphatic heterocycles. The van der Waals surface area contributed by atoms with E-state index in [9.17, 15) is 4.79 Å². The minimum Gasteiger partial charge on any atom is -0.493 e. The van der Waals surface area contributed by atoms with Crippen LogP contribution in [0, 0.1) is 6.92 Å². The van der Waals surface area contributed by atoms with E-state index < -0.39 is 0 Å². The third-order valence-electron chi connectivity index (χ3n) is 3.70. The number of halogens is 1. The Balaban J connectivity index is 1.73. The Kier molecular flexibility index (Phi) is 6.09. The Morgan fingerprint density at radius 3 is 2.68 bits per heavy atom. The van der Waals surface area contributed by atoms with Gasteiger partial charge in [-0.15, -0.1) is 0 Å². The predicted octanol–water partition coefficient (Wildman–Crippen LogP) is 3.44.